The molecule has 0 bridgehead atoms. The summed E-state index contributed by atoms with van der Waals surface area (Å²) in [6, 6.07) is 15.0. The predicted octanol–water partition coefficient (Wildman–Crippen LogP) is 4.05. The predicted molar refractivity (Wildman–Crippen MR) is 117 cm³/mol. The second-order valence-electron chi connectivity index (χ2n) is 7.82. The van der Waals surface area contributed by atoms with Gasteiger partial charge in [0.2, 0.25) is 5.91 Å². The number of anilines is 1. The van der Waals surface area contributed by atoms with Gasteiger partial charge in [-0.2, -0.15) is 0 Å². The maximum Gasteiger partial charge on any atom is 0.259 e. The zero-order chi connectivity index (χ0) is 21.3. The largest absolute Gasteiger partial charge is 0.490 e. The van der Waals surface area contributed by atoms with Crippen LogP contribution in [0.1, 0.15) is 37.7 Å². The van der Waals surface area contributed by atoms with Crippen LogP contribution in [0.5, 0.6) is 11.5 Å². The number of aryl methyl sites for hydroxylation is 1. The Balaban J connectivity index is 1.43. The minimum absolute atomic E-state index is 0.0117. The summed E-state index contributed by atoms with van der Waals surface area (Å²) in [5.74, 6) is 1.32. The topological polar surface area (TPSA) is 67.9 Å². The molecule has 1 aliphatic rings. The molecule has 0 aromatic heterocycles. The van der Waals surface area contributed by atoms with E-state index >= 15 is 0 Å². The molecule has 0 aliphatic heterocycles. The number of hydrogen-bond acceptors (Lipinski definition) is 4. The van der Waals surface area contributed by atoms with Crippen molar-refractivity contribution in [2.24, 2.45) is 0 Å². The number of nitrogens with one attached hydrogen (secondary N) is 1. The number of amides is 2. The first-order valence-electron chi connectivity index (χ1n) is 10.5. The van der Waals surface area contributed by atoms with Gasteiger partial charge in [0.1, 0.15) is 11.5 Å². The van der Waals surface area contributed by atoms with Crippen molar-refractivity contribution in [1.29, 1.82) is 0 Å². The van der Waals surface area contributed by atoms with Crippen molar-refractivity contribution in [2.75, 3.05) is 26.0 Å². The monoisotopic (exact) mass is 410 g/mol. The third-order valence-electron chi connectivity index (χ3n) is 5.14. The van der Waals surface area contributed by atoms with Crippen LogP contribution >= 0.6 is 0 Å². The maximum absolute atomic E-state index is 12.3. The molecule has 2 aromatic rings. The second-order valence-corrected chi connectivity index (χ2v) is 7.82. The zero-order valence-electron chi connectivity index (χ0n) is 17.7. The van der Waals surface area contributed by atoms with E-state index in [1.807, 2.05) is 24.3 Å². The van der Waals surface area contributed by atoms with Crippen molar-refractivity contribution in [3.8, 4) is 11.5 Å². The molecular formula is C24H30N2O4. The quantitative estimate of drug-likeness (QED) is 0.677. The first-order valence-corrected chi connectivity index (χ1v) is 10.5. The minimum atomic E-state index is -0.106. The molecular weight excluding hydrogens is 380 g/mol. The molecule has 1 aliphatic carbocycles. The number of ether oxygens (including phenoxy) is 2. The lowest BCUT2D eigenvalue weighted by Crippen LogP contribution is -2.27. The summed E-state index contributed by atoms with van der Waals surface area (Å²) in [5.41, 5.74) is 1.79. The van der Waals surface area contributed by atoms with Crippen molar-refractivity contribution in [3.63, 3.8) is 0 Å². The Morgan fingerprint density at radius 3 is 2.47 bits per heavy atom. The van der Waals surface area contributed by atoms with E-state index < -0.39 is 0 Å². The molecule has 160 valence electrons. The molecule has 1 fully saturated rings. The van der Waals surface area contributed by atoms with Gasteiger partial charge in [0.15, 0.2) is 6.61 Å². The Morgan fingerprint density at radius 1 is 1.03 bits per heavy atom. The number of hydrogen-bond donors (Lipinski definition) is 1. The van der Waals surface area contributed by atoms with E-state index in [4.69, 9.17) is 9.47 Å². The van der Waals surface area contributed by atoms with Crippen LogP contribution in [-0.4, -0.2) is 43.5 Å². The second kappa shape index (κ2) is 10.7. The third kappa shape index (κ3) is 6.79. The molecule has 0 heterocycles. The molecule has 1 saturated carbocycles. The number of carbonyl (C=O) groups excluding carboxylic acids is 2. The van der Waals surface area contributed by atoms with Gasteiger partial charge < -0.3 is 19.7 Å². The molecule has 3 rings (SSSR count). The third-order valence-corrected chi connectivity index (χ3v) is 5.14. The fourth-order valence-electron chi connectivity index (χ4n) is 3.36. The Kier molecular flexibility index (Phi) is 7.71. The average molecular weight is 411 g/mol. The normalized spacial score (nSPS) is 13.7. The average Bonchev–Trinajstić information content (AvgIpc) is 3.25. The molecule has 0 radical (unpaired) electrons. The van der Waals surface area contributed by atoms with Crippen LogP contribution in [0, 0.1) is 0 Å². The van der Waals surface area contributed by atoms with E-state index in [1.54, 1.807) is 38.4 Å². The Hall–Kier alpha value is -3.02. The van der Waals surface area contributed by atoms with Crippen LogP contribution in [0.3, 0.4) is 0 Å². The molecule has 1 N–H and O–H groups in total. The van der Waals surface area contributed by atoms with Gasteiger partial charge in [-0.3, -0.25) is 9.59 Å². The SMILES string of the molecule is CN(C)C(=O)COc1ccc(NC(=O)CCc2cccc(OC3CCCC3)c2)cc1. The summed E-state index contributed by atoms with van der Waals surface area (Å²) in [4.78, 5) is 25.3. The fraction of sp³-hybridized carbons (Fsp3) is 0.417. The van der Waals surface area contributed by atoms with E-state index in [0.717, 1.165) is 24.2 Å². The van der Waals surface area contributed by atoms with Crippen LogP contribution in [0.2, 0.25) is 0 Å². The highest BCUT2D eigenvalue weighted by Gasteiger charge is 2.16. The van der Waals surface area contributed by atoms with Gasteiger partial charge in [0.05, 0.1) is 6.10 Å². The van der Waals surface area contributed by atoms with E-state index in [2.05, 4.69) is 5.32 Å². The highest BCUT2D eigenvalue weighted by molar-refractivity contribution is 5.90. The van der Waals surface area contributed by atoms with E-state index in [1.165, 1.54) is 17.7 Å². The van der Waals surface area contributed by atoms with Gasteiger partial charge in [0, 0.05) is 26.2 Å². The van der Waals surface area contributed by atoms with E-state index in [-0.39, 0.29) is 18.4 Å². The van der Waals surface area contributed by atoms with Crippen molar-refractivity contribution in [3.05, 3.63) is 54.1 Å². The summed E-state index contributed by atoms with van der Waals surface area (Å²) in [5, 5.41) is 2.89. The number of benzene rings is 2. The lowest BCUT2D eigenvalue weighted by molar-refractivity contribution is -0.130. The summed E-state index contributed by atoms with van der Waals surface area (Å²) in [6.45, 7) is -0.0117. The lowest BCUT2D eigenvalue weighted by atomic mass is 10.1. The van der Waals surface area contributed by atoms with Crippen molar-refractivity contribution in [2.45, 2.75) is 44.6 Å². The standard InChI is InChI=1S/C24H30N2O4/c1-26(2)24(28)17-29-20-13-11-19(12-14-20)25-23(27)15-10-18-6-5-9-22(16-18)30-21-7-3-4-8-21/h5-6,9,11-14,16,21H,3-4,7-8,10,15,17H2,1-2H3,(H,25,27). The summed E-state index contributed by atoms with van der Waals surface area (Å²) >= 11 is 0. The molecule has 30 heavy (non-hydrogen) atoms. The molecule has 0 atom stereocenters. The summed E-state index contributed by atoms with van der Waals surface area (Å²) in [6.07, 6.45) is 6.11. The first-order chi connectivity index (χ1) is 14.5. The van der Waals surface area contributed by atoms with Gasteiger partial charge in [-0.1, -0.05) is 12.1 Å². The lowest BCUT2D eigenvalue weighted by Gasteiger charge is -2.14. The van der Waals surface area contributed by atoms with Crippen LogP contribution in [0.15, 0.2) is 48.5 Å². The van der Waals surface area contributed by atoms with Gasteiger partial charge in [-0.15, -0.1) is 0 Å². The Bertz CT molecular complexity index is 843. The fourth-order valence-corrected chi connectivity index (χ4v) is 3.36. The molecule has 6 heteroatoms. The van der Waals surface area contributed by atoms with Gasteiger partial charge in [0.25, 0.3) is 5.91 Å². The summed E-state index contributed by atoms with van der Waals surface area (Å²) in [7, 11) is 3.37. The maximum atomic E-state index is 12.3. The minimum Gasteiger partial charge on any atom is -0.490 e. The summed E-state index contributed by atoms with van der Waals surface area (Å²) < 4.78 is 11.5. The highest BCUT2D eigenvalue weighted by Crippen LogP contribution is 2.25. The van der Waals surface area contributed by atoms with Gasteiger partial charge >= 0.3 is 0 Å². The first kappa shape index (κ1) is 21.7. The molecule has 0 unspecified atom stereocenters. The van der Waals surface area contributed by atoms with Gasteiger partial charge in [-0.05, 0) is 74.1 Å². The molecule has 6 nitrogen and oxygen atoms in total. The number of carbonyl (C=O) groups is 2. The smallest absolute Gasteiger partial charge is 0.259 e. The zero-order valence-corrected chi connectivity index (χ0v) is 17.7. The molecule has 0 saturated heterocycles. The van der Waals surface area contributed by atoms with Crippen molar-refractivity contribution >= 4 is 17.5 Å². The van der Waals surface area contributed by atoms with Crippen LogP contribution in [0.25, 0.3) is 0 Å². The molecule has 2 amide bonds. The van der Waals surface area contributed by atoms with Crippen LogP contribution in [0.4, 0.5) is 5.69 Å². The number of nitrogens with zero attached hydrogens (tertiary/aromatic N) is 1. The Labute approximate surface area is 178 Å². The van der Waals surface area contributed by atoms with Crippen LogP contribution < -0.4 is 14.8 Å². The van der Waals surface area contributed by atoms with Crippen LogP contribution in [-0.2, 0) is 16.0 Å². The van der Waals surface area contributed by atoms with E-state index in [0.29, 0.717) is 30.4 Å². The van der Waals surface area contributed by atoms with Crippen molar-refractivity contribution < 1.29 is 19.1 Å². The highest BCUT2D eigenvalue weighted by atomic mass is 16.5. The number of likely N-dealkylation sites (N-methyl/N-ethyl adjacent to an activating group) is 1. The van der Waals surface area contributed by atoms with Crippen molar-refractivity contribution in [1.82, 2.24) is 4.90 Å². The Morgan fingerprint density at radius 2 is 1.77 bits per heavy atom. The molecule has 2 aromatic carbocycles. The van der Waals surface area contributed by atoms with E-state index in [9.17, 15) is 9.59 Å². The van der Waals surface area contributed by atoms with Gasteiger partial charge in [-0.25, -0.2) is 0 Å². The number of rotatable bonds is 9. The molecule has 0 spiro atoms.